The first kappa shape index (κ1) is 16.0. The van der Waals surface area contributed by atoms with E-state index in [4.69, 9.17) is 4.74 Å². The highest BCUT2D eigenvalue weighted by atomic mass is 16.5. The number of carbonyl (C=O) groups excluding carboxylic acids is 2. The van der Waals surface area contributed by atoms with Gasteiger partial charge in [0.2, 0.25) is 5.91 Å². The Kier molecular flexibility index (Phi) is 7.48. The highest BCUT2D eigenvalue weighted by Gasteiger charge is 2.18. The molecule has 0 atom stereocenters. The van der Waals surface area contributed by atoms with Crippen LogP contribution < -0.4 is 5.32 Å². The predicted molar refractivity (Wildman–Crippen MR) is 73.8 cm³/mol. The van der Waals surface area contributed by atoms with Crippen molar-refractivity contribution >= 4 is 11.9 Å². The fraction of sp³-hybridized carbons (Fsp3) is 0.857. The molecule has 1 rings (SSSR count). The summed E-state index contributed by atoms with van der Waals surface area (Å²) in [5.74, 6) is -0.257. The Bertz CT molecular complexity index is 288. The van der Waals surface area contributed by atoms with Crippen molar-refractivity contribution in [1.29, 1.82) is 0 Å². The van der Waals surface area contributed by atoms with Gasteiger partial charge in [0.15, 0.2) is 0 Å². The number of rotatable bonds is 7. The lowest BCUT2D eigenvalue weighted by molar-refractivity contribution is -0.144. The molecule has 0 heterocycles. The topological polar surface area (TPSA) is 58.6 Å². The lowest BCUT2D eigenvalue weighted by Gasteiger charge is -2.25. The summed E-state index contributed by atoms with van der Waals surface area (Å²) in [5.41, 5.74) is 0. The Hall–Kier alpha value is -1.10. The van der Waals surface area contributed by atoms with Crippen LogP contribution in [-0.4, -0.2) is 49.1 Å². The van der Waals surface area contributed by atoms with Gasteiger partial charge in [0.25, 0.3) is 0 Å². The quantitative estimate of drug-likeness (QED) is 0.709. The van der Waals surface area contributed by atoms with Crippen LogP contribution in [0.25, 0.3) is 0 Å². The van der Waals surface area contributed by atoms with Gasteiger partial charge in [-0.3, -0.25) is 14.5 Å². The molecule has 1 amide bonds. The molecule has 0 radical (unpaired) electrons. The van der Waals surface area contributed by atoms with E-state index in [1.807, 2.05) is 6.92 Å². The molecule has 1 aliphatic rings. The zero-order valence-electron chi connectivity index (χ0n) is 12.1. The zero-order valence-corrected chi connectivity index (χ0v) is 12.1. The van der Waals surface area contributed by atoms with Gasteiger partial charge < -0.3 is 10.1 Å². The van der Waals surface area contributed by atoms with E-state index in [1.54, 1.807) is 11.8 Å². The Morgan fingerprint density at radius 2 is 1.84 bits per heavy atom. The number of carbonyl (C=O) groups is 2. The third-order valence-electron chi connectivity index (χ3n) is 3.44. The molecular formula is C14H26N2O3. The van der Waals surface area contributed by atoms with Crippen molar-refractivity contribution in [2.45, 2.75) is 52.0 Å². The van der Waals surface area contributed by atoms with E-state index in [0.29, 0.717) is 19.2 Å². The summed E-state index contributed by atoms with van der Waals surface area (Å²) in [6, 6.07) is 0.322. The van der Waals surface area contributed by atoms with Crippen molar-refractivity contribution in [1.82, 2.24) is 10.2 Å². The number of likely N-dealkylation sites (N-methyl/N-ethyl adjacent to an activating group) is 1. The van der Waals surface area contributed by atoms with Crippen molar-refractivity contribution in [2.75, 3.05) is 26.2 Å². The molecule has 1 saturated carbocycles. The van der Waals surface area contributed by atoms with Crippen molar-refractivity contribution in [3.8, 4) is 0 Å². The van der Waals surface area contributed by atoms with Crippen molar-refractivity contribution in [2.24, 2.45) is 0 Å². The fourth-order valence-electron chi connectivity index (χ4n) is 2.39. The van der Waals surface area contributed by atoms with E-state index in [9.17, 15) is 9.59 Å². The number of hydrogen-bond donors (Lipinski definition) is 1. The van der Waals surface area contributed by atoms with Gasteiger partial charge in [0.1, 0.15) is 0 Å². The van der Waals surface area contributed by atoms with E-state index >= 15 is 0 Å². The monoisotopic (exact) mass is 270 g/mol. The molecule has 0 saturated heterocycles. The van der Waals surface area contributed by atoms with Gasteiger partial charge in [-0.15, -0.1) is 0 Å². The highest BCUT2D eigenvalue weighted by molar-refractivity contribution is 5.79. The summed E-state index contributed by atoms with van der Waals surface area (Å²) >= 11 is 0. The first-order chi connectivity index (χ1) is 9.15. The molecule has 1 aliphatic carbocycles. The van der Waals surface area contributed by atoms with Crippen LogP contribution >= 0.6 is 0 Å². The second-order valence-electron chi connectivity index (χ2n) is 5.01. The summed E-state index contributed by atoms with van der Waals surface area (Å²) in [5, 5.41) is 3.06. The van der Waals surface area contributed by atoms with Gasteiger partial charge in [-0.05, 0) is 26.3 Å². The van der Waals surface area contributed by atoms with Crippen LogP contribution in [0, 0.1) is 0 Å². The smallest absolute Gasteiger partial charge is 0.320 e. The third-order valence-corrected chi connectivity index (χ3v) is 3.44. The molecule has 0 aromatic heterocycles. The maximum Gasteiger partial charge on any atom is 0.320 e. The van der Waals surface area contributed by atoms with Gasteiger partial charge in [-0.1, -0.05) is 26.2 Å². The lowest BCUT2D eigenvalue weighted by atomic mass is 9.95. The minimum Gasteiger partial charge on any atom is -0.465 e. The van der Waals surface area contributed by atoms with Crippen LogP contribution in [0.5, 0.6) is 0 Å². The average molecular weight is 270 g/mol. The molecule has 0 bridgehead atoms. The van der Waals surface area contributed by atoms with Crippen LogP contribution in [0.3, 0.4) is 0 Å². The summed E-state index contributed by atoms with van der Waals surface area (Å²) in [6.45, 7) is 5.22. The summed E-state index contributed by atoms with van der Waals surface area (Å²) in [6.07, 6.45) is 5.83. The minimum absolute atomic E-state index is 0.0121. The maximum absolute atomic E-state index is 11.9. The molecule has 1 fully saturated rings. The van der Waals surface area contributed by atoms with Gasteiger partial charge in [0.05, 0.1) is 19.7 Å². The van der Waals surface area contributed by atoms with Crippen LogP contribution in [-0.2, 0) is 14.3 Å². The van der Waals surface area contributed by atoms with E-state index in [2.05, 4.69) is 5.32 Å². The SMILES string of the molecule is CCOC(=O)CN(CC)CC(=O)NC1CCCCC1. The van der Waals surface area contributed by atoms with E-state index in [0.717, 1.165) is 12.8 Å². The molecule has 0 unspecified atom stereocenters. The Morgan fingerprint density at radius 1 is 1.16 bits per heavy atom. The van der Waals surface area contributed by atoms with Crippen LogP contribution in [0.15, 0.2) is 0 Å². The summed E-state index contributed by atoms with van der Waals surface area (Å²) in [7, 11) is 0. The largest absolute Gasteiger partial charge is 0.465 e. The number of nitrogens with one attached hydrogen (secondary N) is 1. The molecule has 0 aliphatic heterocycles. The number of esters is 1. The molecular weight excluding hydrogens is 244 g/mol. The molecule has 0 aromatic carbocycles. The van der Waals surface area contributed by atoms with E-state index in [-0.39, 0.29) is 25.0 Å². The van der Waals surface area contributed by atoms with E-state index < -0.39 is 0 Å². The van der Waals surface area contributed by atoms with Crippen molar-refractivity contribution < 1.29 is 14.3 Å². The van der Waals surface area contributed by atoms with Gasteiger partial charge in [-0.25, -0.2) is 0 Å². The standard InChI is InChI=1S/C14H26N2O3/c1-3-16(11-14(18)19-4-2)10-13(17)15-12-8-6-5-7-9-12/h12H,3-11H2,1-2H3,(H,15,17). The van der Waals surface area contributed by atoms with Crippen molar-refractivity contribution in [3.05, 3.63) is 0 Å². The van der Waals surface area contributed by atoms with Crippen LogP contribution in [0.1, 0.15) is 46.0 Å². The summed E-state index contributed by atoms with van der Waals surface area (Å²) in [4.78, 5) is 25.1. The van der Waals surface area contributed by atoms with E-state index in [1.165, 1.54) is 19.3 Å². The van der Waals surface area contributed by atoms with Gasteiger partial charge >= 0.3 is 5.97 Å². The number of nitrogens with zero attached hydrogens (tertiary/aromatic N) is 1. The minimum atomic E-state index is -0.269. The Balaban J connectivity index is 2.29. The first-order valence-corrected chi connectivity index (χ1v) is 7.33. The molecule has 5 nitrogen and oxygen atoms in total. The third kappa shape index (κ3) is 6.57. The second kappa shape index (κ2) is 8.91. The molecule has 0 spiro atoms. The second-order valence-corrected chi connectivity index (χ2v) is 5.01. The lowest BCUT2D eigenvalue weighted by Crippen LogP contribution is -2.44. The van der Waals surface area contributed by atoms with Gasteiger partial charge in [0, 0.05) is 6.04 Å². The number of hydrogen-bond acceptors (Lipinski definition) is 4. The maximum atomic E-state index is 11.9. The highest BCUT2D eigenvalue weighted by Crippen LogP contribution is 2.17. The Morgan fingerprint density at radius 3 is 2.42 bits per heavy atom. The molecule has 1 N–H and O–H groups in total. The predicted octanol–water partition coefficient (Wildman–Crippen LogP) is 1.32. The Labute approximate surface area is 115 Å². The molecule has 5 heteroatoms. The average Bonchev–Trinajstić information content (AvgIpc) is 2.39. The first-order valence-electron chi connectivity index (χ1n) is 7.33. The fourth-order valence-corrected chi connectivity index (χ4v) is 2.39. The van der Waals surface area contributed by atoms with Crippen LogP contribution in [0.2, 0.25) is 0 Å². The van der Waals surface area contributed by atoms with Crippen molar-refractivity contribution in [3.63, 3.8) is 0 Å². The number of ether oxygens (including phenoxy) is 1. The normalized spacial score (nSPS) is 16.4. The van der Waals surface area contributed by atoms with Crippen LogP contribution in [0.4, 0.5) is 0 Å². The summed E-state index contributed by atoms with van der Waals surface area (Å²) < 4.78 is 4.89. The molecule has 110 valence electrons. The molecule has 19 heavy (non-hydrogen) atoms. The molecule has 0 aromatic rings. The van der Waals surface area contributed by atoms with Gasteiger partial charge in [-0.2, -0.15) is 0 Å². The number of amides is 1. The zero-order chi connectivity index (χ0) is 14.1.